The Bertz CT molecular complexity index is 2170. The quantitative estimate of drug-likeness (QED) is 0.109. The summed E-state index contributed by atoms with van der Waals surface area (Å²) in [6.07, 6.45) is 1.63. The normalized spacial score (nSPS) is 14.7. The van der Waals surface area contributed by atoms with Crippen LogP contribution in [-0.4, -0.2) is 22.1 Å². The van der Waals surface area contributed by atoms with Crippen molar-refractivity contribution < 1.29 is 18.9 Å². The van der Waals surface area contributed by atoms with Gasteiger partial charge in [-0.25, -0.2) is 9.79 Å². The maximum absolute atomic E-state index is 14.2. The second kappa shape index (κ2) is 12.6. The van der Waals surface area contributed by atoms with Crippen molar-refractivity contribution in [3.8, 4) is 11.3 Å². The summed E-state index contributed by atoms with van der Waals surface area (Å²) < 4.78 is 13.5. The molecular formula is C36H31N3O6S. The molecule has 0 saturated heterocycles. The molecule has 10 heteroatoms. The average molecular weight is 634 g/mol. The van der Waals surface area contributed by atoms with E-state index in [9.17, 15) is 19.7 Å². The number of non-ortho nitro benzene ring substituents is 1. The molecule has 0 radical (unpaired) electrons. The zero-order chi connectivity index (χ0) is 32.5. The predicted octanol–water partition coefficient (Wildman–Crippen LogP) is 6.54. The minimum absolute atomic E-state index is 0.0417. The Morgan fingerprint density at radius 1 is 1.09 bits per heavy atom. The van der Waals surface area contributed by atoms with Gasteiger partial charge in [-0.15, -0.1) is 0 Å². The molecule has 6 rings (SSSR count). The zero-order valence-corrected chi connectivity index (χ0v) is 26.5. The molecule has 0 saturated carbocycles. The summed E-state index contributed by atoms with van der Waals surface area (Å²) >= 11 is 1.20. The van der Waals surface area contributed by atoms with E-state index in [2.05, 4.69) is 13.8 Å². The van der Waals surface area contributed by atoms with E-state index in [1.165, 1.54) is 23.5 Å². The van der Waals surface area contributed by atoms with Crippen LogP contribution >= 0.6 is 11.3 Å². The molecule has 232 valence electrons. The van der Waals surface area contributed by atoms with Gasteiger partial charge in [-0.2, -0.15) is 0 Å². The van der Waals surface area contributed by atoms with Crippen LogP contribution in [0.5, 0.6) is 0 Å². The number of ether oxygens (including phenoxy) is 1. The van der Waals surface area contributed by atoms with Gasteiger partial charge < -0.3 is 9.15 Å². The number of nitro benzene ring substituents is 1. The van der Waals surface area contributed by atoms with E-state index < -0.39 is 16.9 Å². The van der Waals surface area contributed by atoms with E-state index >= 15 is 0 Å². The number of carbonyl (C=O) groups excluding carboxylic acids is 1. The van der Waals surface area contributed by atoms with Crippen LogP contribution in [0.15, 0.2) is 105 Å². The Hall–Kier alpha value is -5.35. The number of rotatable bonds is 8. The number of furan rings is 1. The van der Waals surface area contributed by atoms with E-state index in [1.54, 1.807) is 35.8 Å². The minimum atomic E-state index is -0.784. The third-order valence-corrected chi connectivity index (χ3v) is 8.87. The predicted molar refractivity (Wildman–Crippen MR) is 177 cm³/mol. The van der Waals surface area contributed by atoms with E-state index in [0.29, 0.717) is 38.0 Å². The lowest BCUT2D eigenvalue weighted by Gasteiger charge is -2.26. The van der Waals surface area contributed by atoms with Gasteiger partial charge in [0.15, 0.2) is 4.80 Å². The van der Waals surface area contributed by atoms with Crippen molar-refractivity contribution in [2.24, 2.45) is 4.99 Å². The standard InChI is InChI=1S/C36H31N3O6S/c1-5-44-35(41)31-32(24-9-7-6-8-10-24)37-36-38(33(31)25-14-12-23(13-15-25)21(2)3)34(40)30(46-36)20-27-17-18-29(45-27)28-19-26(39(42)43)16-11-22(28)4/h6-21,33H,5H2,1-4H3/b30-20-/t33-/m0/s1. The number of benzene rings is 3. The van der Waals surface area contributed by atoms with Crippen LogP contribution in [0.3, 0.4) is 0 Å². The fraction of sp³-hybridized carbons (Fsp3) is 0.194. The van der Waals surface area contributed by atoms with E-state index in [1.807, 2.05) is 61.5 Å². The maximum atomic E-state index is 14.2. The third kappa shape index (κ3) is 5.75. The second-order valence-corrected chi connectivity index (χ2v) is 12.2. The Kier molecular flexibility index (Phi) is 8.38. The highest BCUT2D eigenvalue weighted by Gasteiger charge is 2.35. The summed E-state index contributed by atoms with van der Waals surface area (Å²) in [5, 5.41) is 11.4. The molecular weight excluding hydrogens is 602 g/mol. The number of nitrogens with zero attached hydrogens (tertiary/aromatic N) is 3. The van der Waals surface area contributed by atoms with Gasteiger partial charge in [-0.05, 0) is 48.6 Å². The maximum Gasteiger partial charge on any atom is 0.338 e. The molecule has 9 nitrogen and oxygen atoms in total. The zero-order valence-electron chi connectivity index (χ0n) is 25.7. The molecule has 0 spiro atoms. The van der Waals surface area contributed by atoms with Crippen molar-refractivity contribution in [1.82, 2.24) is 4.57 Å². The highest BCUT2D eigenvalue weighted by atomic mass is 32.1. The number of aromatic nitrogens is 1. The van der Waals surface area contributed by atoms with Gasteiger partial charge in [-0.3, -0.25) is 19.5 Å². The lowest BCUT2D eigenvalue weighted by Crippen LogP contribution is -2.40. The third-order valence-electron chi connectivity index (χ3n) is 7.89. The van der Waals surface area contributed by atoms with Crippen molar-refractivity contribution in [2.45, 2.75) is 39.7 Å². The lowest BCUT2D eigenvalue weighted by molar-refractivity contribution is -0.384. The highest BCUT2D eigenvalue weighted by molar-refractivity contribution is 7.07. The molecule has 0 aliphatic carbocycles. The topological polar surface area (TPSA) is 117 Å². The second-order valence-electron chi connectivity index (χ2n) is 11.2. The minimum Gasteiger partial charge on any atom is -0.463 e. The lowest BCUT2D eigenvalue weighted by atomic mass is 9.91. The summed E-state index contributed by atoms with van der Waals surface area (Å²) in [5.74, 6) is 0.608. The number of aryl methyl sites for hydroxylation is 1. The molecule has 1 aliphatic heterocycles. The molecule has 5 aromatic rings. The number of carbonyl (C=O) groups is 1. The van der Waals surface area contributed by atoms with Gasteiger partial charge in [0, 0.05) is 29.3 Å². The molecule has 1 aliphatic rings. The van der Waals surface area contributed by atoms with Gasteiger partial charge in [0.25, 0.3) is 11.2 Å². The number of esters is 1. The largest absolute Gasteiger partial charge is 0.463 e. The van der Waals surface area contributed by atoms with E-state index in [-0.39, 0.29) is 23.4 Å². The first-order valence-corrected chi connectivity index (χ1v) is 15.7. The monoisotopic (exact) mass is 633 g/mol. The van der Waals surface area contributed by atoms with Gasteiger partial charge in [-0.1, -0.05) is 85.8 Å². The molecule has 0 bridgehead atoms. The summed E-state index contributed by atoms with van der Waals surface area (Å²) in [5.41, 5.74) is 4.38. The van der Waals surface area contributed by atoms with Crippen molar-refractivity contribution in [3.63, 3.8) is 0 Å². The van der Waals surface area contributed by atoms with Crippen LogP contribution in [-0.2, 0) is 9.53 Å². The molecule has 0 N–H and O–H groups in total. The van der Waals surface area contributed by atoms with Crippen LogP contribution in [0, 0.1) is 17.0 Å². The molecule has 0 fully saturated rings. The van der Waals surface area contributed by atoms with Gasteiger partial charge in [0.2, 0.25) is 0 Å². The van der Waals surface area contributed by atoms with Crippen LogP contribution in [0.25, 0.3) is 23.1 Å². The molecule has 3 aromatic carbocycles. The fourth-order valence-electron chi connectivity index (χ4n) is 5.51. The number of nitro groups is 1. The average Bonchev–Trinajstić information content (AvgIpc) is 3.64. The van der Waals surface area contributed by atoms with Crippen LogP contribution < -0.4 is 14.9 Å². The van der Waals surface area contributed by atoms with Crippen molar-refractivity contribution >= 4 is 34.8 Å². The molecule has 3 heterocycles. The highest BCUT2D eigenvalue weighted by Crippen LogP contribution is 2.36. The van der Waals surface area contributed by atoms with Crippen LogP contribution in [0.2, 0.25) is 0 Å². The van der Waals surface area contributed by atoms with Crippen molar-refractivity contribution in [3.05, 3.63) is 148 Å². The van der Waals surface area contributed by atoms with E-state index in [0.717, 1.165) is 22.3 Å². The number of hydrogen-bond donors (Lipinski definition) is 0. The SMILES string of the molecule is CCOC(=O)C1=C(c2ccccc2)N=c2s/c(=C\c3ccc(-c4cc([N+](=O)[O-])ccc4C)o3)c(=O)n2[C@H]1c1ccc(C(C)C)cc1. The van der Waals surface area contributed by atoms with Crippen LogP contribution in [0.4, 0.5) is 5.69 Å². The Morgan fingerprint density at radius 3 is 2.50 bits per heavy atom. The summed E-state index contributed by atoms with van der Waals surface area (Å²) in [6, 6.07) is 24.6. The summed E-state index contributed by atoms with van der Waals surface area (Å²) in [6.45, 7) is 7.97. The van der Waals surface area contributed by atoms with Crippen molar-refractivity contribution in [1.29, 1.82) is 0 Å². The first-order valence-electron chi connectivity index (χ1n) is 14.9. The molecule has 2 aromatic heterocycles. The Labute approximate surface area is 268 Å². The van der Waals surface area contributed by atoms with Gasteiger partial charge in [0.1, 0.15) is 11.5 Å². The Balaban J connectivity index is 1.54. The van der Waals surface area contributed by atoms with E-state index in [4.69, 9.17) is 14.1 Å². The van der Waals surface area contributed by atoms with Gasteiger partial charge >= 0.3 is 5.97 Å². The Morgan fingerprint density at radius 2 is 1.83 bits per heavy atom. The smallest absolute Gasteiger partial charge is 0.338 e. The fourth-order valence-corrected chi connectivity index (χ4v) is 6.49. The summed E-state index contributed by atoms with van der Waals surface area (Å²) in [7, 11) is 0. The molecule has 0 amide bonds. The molecule has 0 unspecified atom stereocenters. The molecule has 46 heavy (non-hydrogen) atoms. The summed E-state index contributed by atoms with van der Waals surface area (Å²) in [4.78, 5) is 44.1. The number of hydrogen-bond acceptors (Lipinski definition) is 8. The first kappa shape index (κ1) is 30.7. The number of fused-ring (bicyclic) bond motifs is 1. The van der Waals surface area contributed by atoms with Crippen molar-refractivity contribution in [2.75, 3.05) is 6.61 Å². The van der Waals surface area contributed by atoms with Gasteiger partial charge in [0.05, 0.1) is 33.4 Å². The first-order chi connectivity index (χ1) is 22.2. The molecule has 1 atom stereocenters. The number of thiazole rings is 1. The van der Waals surface area contributed by atoms with Crippen LogP contribution in [0.1, 0.15) is 60.7 Å².